The molecule has 5 heteroatoms. The minimum absolute atomic E-state index is 0.0105. The van der Waals surface area contributed by atoms with Gasteiger partial charge in [-0.25, -0.2) is 0 Å². The van der Waals surface area contributed by atoms with Crippen LogP contribution in [0.15, 0.2) is 58.4 Å². The Morgan fingerprint density at radius 1 is 0.960 bits per heavy atom. The number of ketones is 1. The number of halogens is 1. The van der Waals surface area contributed by atoms with Crippen molar-refractivity contribution in [1.29, 1.82) is 0 Å². The molecule has 1 aromatic heterocycles. The third-order valence-electron chi connectivity index (χ3n) is 4.27. The standard InChI is InChI=1S/C20H14BrNO2S/c21-18-8-6-13(25-18)9-10-22-20(24)12-5-7-15-14-3-1-2-4-16(14)19(23)17(15)11-12/h1-8,11H,9-10H2,(H,22,24). The minimum atomic E-state index is -0.151. The Morgan fingerprint density at radius 2 is 1.72 bits per heavy atom. The van der Waals surface area contributed by atoms with Crippen LogP contribution in [0.3, 0.4) is 0 Å². The molecule has 0 bridgehead atoms. The Kier molecular flexibility index (Phi) is 4.27. The number of fused-ring (bicyclic) bond motifs is 3. The van der Waals surface area contributed by atoms with E-state index in [0.29, 0.717) is 23.2 Å². The average Bonchev–Trinajstić information content (AvgIpc) is 3.17. The number of carbonyl (C=O) groups excluding carboxylic acids is 2. The Labute approximate surface area is 157 Å². The van der Waals surface area contributed by atoms with Gasteiger partial charge in [-0.05, 0) is 57.7 Å². The number of thiophene rings is 1. The lowest BCUT2D eigenvalue weighted by atomic mass is 10.0. The van der Waals surface area contributed by atoms with Gasteiger partial charge >= 0.3 is 0 Å². The summed E-state index contributed by atoms with van der Waals surface area (Å²) >= 11 is 5.10. The van der Waals surface area contributed by atoms with Crippen LogP contribution in [0.25, 0.3) is 11.1 Å². The van der Waals surface area contributed by atoms with E-state index < -0.39 is 0 Å². The van der Waals surface area contributed by atoms with E-state index in [4.69, 9.17) is 0 Å². The first-order valence-corrected chi connectivity index (χ1v) is 9.55. The fourth-order valence-corrected chi connectivity index (χ4v) is 4.54. The van der Waals surface area contributed by atoms with Crippen LogP contribution in [0.4, 0.5) is 0 Å². The molecule has 0 spiro atoms. The summed E-state index contributed by atoms with van der Waals surface area (Å²) in [6.45, 7) is 0.567. The number of nitrogens with one attached hydrogen (secondary N) is 1. The lowest BCUT2D eigenvalue weighted by Crippen LogP contribution is -2.25. The molecule has 3 nitrogen and oxygen atoms in total. The van der Waals surface area contributed by atoms with Gasteiger partial charge in [0.2, 0.25) is 0 Å². The van der Waals surface area contributed by atoms with E-state index in [1.807, 2.05) is 42.5 Å². The quantitative estimate of drug-likeness (QED) is 0.529. The van der Waals surface area contributed by atoms with Crippen LogP contribution in [0.2, 0.25) is 0 Å². The minimum Gasteiger partial charge on any atom is -0.352 e. The first-order valence-electron chi connectivity index (χ1n) is 7.94. The Morgan fingerprint density at radius 3 is 2.48 bits per heavy atom. The molecule has 1 amide bonds. The maximum atomic E-state index is 12.5. The van der Waals surface area contributed by atoms with Gasteiger partial charge in [0.1, 0.15) is 0 Å². The average molecular weight is 412 g/mol. The second-order valence-corrected chi connectivity index (χ2v) is 8.39. The summed E-state index contributed by atoms with van der Waals surface area (Å²) in [5.41, 5.74) is 3.68. The maximum absolute atomic E-state index is 12.5. The normalized spacial score (nSPS) is 12.0. The van der Waals surface area contributed by atoms with Gasteiger partial charge in [-0.2, -0.15) is 0 Å². The fourth-order valence-electron chi connectivity index (χ4n) is 3.06. The van der Waals surface area contributed by atoms with Crippen LogP contribution in [-0.4, -0.2) is 18.2 Å². The summed E-state index contributed by atoms with van der Waals surface area (Å²) < 4.78 is 1.09. The van der Waals surface area contributed by atoms with Crippen LogP contribution < -0.4 is 5.32 Å². The van der Waals surface area contributed by atoms with Crippen LogP contribution in [0, 0.1) is 0 Å². The number of benzene rings is 2. The van der Waals surface area contributed by atoms with Crippen molar-refractivity contribution in [2.24, 2.45) is 0 Å². The van der Waals surface area contributed by atoms with Crippen molar-refractivity contribution in [1.82, 2.24) is 5.32 Å². The van der Waals surface area contributed by atoms with Crippen molar-refractivity contribution in [3.63, 3.8) is 0 Å². The zero-order valence-corrected chi connectivity index (χ0v) is 15.6. The van der Waals surface area contributed by atoms with Gasteiger partial charge in [-0.1, -0.05) is 30.3 Å². The predicted octanol–water partition coefficient (Wildman–Crippen LogP) is 4.69. The molecule has 0 saturated heterocycles. The highest BCUT2D eigenvalue weighted by Crippen LogP contribution is 2.36. The van der Waals surface area contributed by atoms with Crippen LogP contribution in [0.5, 0.6) is 0 Å². The summed E-state index contributed by atoms with van der Waals surface area (Å²) in [5, 5.41) is 2.92. The van der Waals surface area contributed by atoms with E-state index in [1.165, 1.54) is 4.88 Å². The molecule has 0 radical (unpaired) electrons. The van der Waals surface area contributed by atoms with E-state index in [0.717, 1.165) is 21.3 Å². The molecular formula is C20H14BrNO2S. The van der Waals surface area contributed by atoms with Gasteiger partial charge in [0.15, 0.2) is 5.78 Å². The van der Waals surface area contributed by atoms with Crippen molar-refractivity contribution in [3.05, 3.63) is 80.0 Å². The van der Waals surface area contributed by atoms with Crippen LogP contribution >= 0.6 is 27.3 Å². The molecule has 3 aromatic rings. The van der Waals surface area contributed by atoms with Crippen molar-refractivity contribution in [3.8, 4) is 11.1 Å². The summed E-state index contributed by atoms with van der Waals surface area (Å²) in [7, 11) is 0. The van der Waals surface area contributed by atoms with E-state index >= 15 is 0 Å². The zero-order chi connectivity index (χ0) is 17.4. The molecule has 2 aromatic carbocycles. The Balaban J connectivity index is 1.49. The van der Waals surface area contributed by atoms with Crippen molar-refractivity contribution < 1.29 is 9.59 Å². The Bertz CT molecular complexity index is 993. The van der Waals surface area contributed by atoms with Gasteiger partial charge in [0.25, 0.3) is 5.91 Å². The van der Waals surface area contributed by atoms with E-state index in [9.17, 15) is 9.59 Å². The van der Waals surface area contributed by atoms with Gasteiger partial charge < -0.3 is 5.32 Å². The SMILES string of the molecule is O=C(NCCc1ccc(Br)s1)c1ccc2c(c1)C(=O)c1ccccc1-2. The largest absolute Gasteiger partial charge is 0.352 e. The smallest absolute Gasteiger partial charge is 0.251 e. The van der Waals surface area contributed by atoms with Crippen molar-refractivity contribution >= 4 is 39.0 Å². The van der Waals surface area contributed by atoms with Gasteiger partial charge in [0.05, 0.1) is 3.79 Å². The maximum Gasteiger partial charge on any atom is 0.251 e. The molecule has 4 rings (SSSR count). The number of amides is 1. The summed E-state index contributed by atoms with van der Waals surface area (Å²) in [4.78, 5) is 26.1. The number of rotatable bonds is 4. The first-order chi connectivity index (χ1) is 12.1. The molecular weight excluding hydrogens is 398 g/mol. The molecule has 1 N–H and O–H groups in total. The highest BCUT2D eigenvalue weighted by Gasteiger charge is 2.26. The van der Waals surface area contributed by atoms with E-state index in [-0.39, 0.29) is 11.7 Å². The Hall–Kier alpha value is -2.24. The summed E-state index contributed by atoms with van der Waals surface area (Å²) in [6.07, 6.45) is 0.789. The summed E-state index contributed by atoms with van der Waals surface area (Å²) in [6, 6.07) is 17.0. The molecule has 0 atom stereocenters. The van der Waals surface area contributed by atoms with Crippen LogP contribution in [-0.2, 0) is 6.42 Å². The molecule has 1 aliphatic carbocycles. The summed E-state index contributed by atoms with van der Waals surface area (Å²) in [5.74, 6) is -0.161. The number of carbonyl (C=O) groups is 2. The predicted molar refractivity (Wildman–Crippen MR) is 103 cm³/mol. The second-order valence-electron chi connectivity index (χ2n) is 5.85. The number of hydrogen-bond acceptors (Lipinski definition) is 3. The molecule has 0 unspecified atom stereocenters. The van der Waals surface area contributed by atoms with Crippen molar-refractivity contribution in [2.75, 3.05) is 6.54 Å². The third kappa shape index (κ3) is 3.05. The topological polar surface area (TPSA) is 46.2 Å². The lowest BCUT2D eigenvalue weighted by molar-refractivity contribution is 0.0954. The lowest BCUT2D eigenvalue weighted by Gasteiger charge is -2.06. The zero-order valence-electron chi connectivity index (χ0n) is 13.2. The highest BCUT2D eigenvalue weighted by molar-refractivity contribution is 9.11. The fraction of sp³-hybridized carbons (Fsp3) is 0.100. The van der Waals surface area contributed by atoms with E-state index in [1.54, 1.807) is 23.5 Å². The van der Waals surface area contributed by atoms with E-state index in [2.05, 4.69) is 21.2 Å². The van der Waals surface area contributed by atoms with Crippen molar-refractivity contribution in [2.45, 2.75) is 6.42 Å². The molecule has 0 fully saturated rings. The second kappa shape index (κ2) is 6.58. The molecule has 124 valence electrons. The van der Waals surface area contributed by atoms with Gasteiger partial charge in [-0.3, -0.25) is 9.59 Å². The van der Waals surface area contributed by atoms with Gasteiger partial charge in [0, 0.05) is 28.1 Å². The molecule has 25 heavy (non-hydrogen) atoms. The monoisotopic (exact) mass is 411 g/mol. The molecule has 1 aliphatic rings. The molecule has 0 saturated carbocycles. The first kappa shape index (κ1) is 16.2. The van der Waals surface area contributed by atoms with Gasteiger partial charge in [-0.15, -0.1) is 11.3 Å². The highest BCUT2D eigenvalue weighted by atomic mass is 79.9. The number of hydrogen-bond donors (Lipinski definition) is 1. The molecule has 0 aliphatic heterocycles. The van der Waals surface area contributed by atoms with Crippen LogP contribution in [0.1, 0.15) is 31.2 Å². The molecule has 1 heterocycles. The third-order valence-corrected chi connectivity index (χ3v) is 5.96.